The Labute approximate surface area is 155 Å². The Hall–Kier alpha value is -1.93. The van der Waals surface area contributed by atoms with Gasteiger partial charge in [-0.3, -0.25) is 0 Å². The van der Waals surface area contributed by atoms with Crippen molar-refractivity contribution in [1.82, 2.24) is 9.80 Å². The van der Waals surface area contributed by atoms with Crippen LogP contribution in [-0.4, -0.2) is 53.6 Å². The quantitative estimate of drug-likeness (QED) is 0.553. The first-order valence-electron chi connectivity index (χ1n) is 8.29. The third-order valence-corrected chi connectivity index (χ3v) is 5.36. The summed E-state index contributed by atoms with van der Waals surface area (Å²) in [5, 5.41) is 14.0. The van der Waals surface area contributed by atoms with E-state index in [1.807, 2.05) is 46.3 Å². The smallest absolute Gasteiger partial charge is 0.278 e. The molecule has 25 heavy (non-hydrogen) atoms. The maximum atomic E-state index is 11.0. The summed E-state index contributed by atoms with van der Waals surface area (Å²) in [6.07, 6.45) is 3.79. The zero-order valence-electron chi connectivity index (χ0n) is 14.0. The molecule has 2 unspecified atom stereocenters. The van der Waals surface area contributed by atoms with E-state index in [2.05, 4.69) is 28.0 Å². The molecule has 2 saturated heterocycles. The van der Waals surface area contributed by atoms with Crippen LogP contribution in [0.15, 0.2) is 40.0 Å². The van der Waals surface area contributed by atoms with Gasteiger partial charge in [0.25, 0.3) is 5.96 Å². The molecule has 2 atom stereocenters. The number of halogens is 1. The molecule has 0 spiro atoms. The zero-order valence-corrected chi connectivity index (χ0v) is 15.6. The van der Waals surface area contributed by atoms with Gasteiger partial charge < -0.3 is 14.5 Å². The van der Waals surface area contributed by atoms with Gasteiger partial charge in [0.15, 0.2) is 5.03 Å². The minimum Gasteiger partial charge on any atom is -0.381 e. The molecule has 0 bridgehead atoms. The molecule has 8 heteroatoms. The molecular weight excluding hydrogens is 388 g/mol. The Bertz CT molecular complexity index is 694. The Kier molecular flexibility index (Phi) is 5.70. The van der Waals surface area contributed by atoms with Crippen molar-refractivity contribution in [2.24, 2.45) is 16.9 Å². The molecule has 2 aliphatic rings. The maximum absolute atomic E-state index is 11.0. The van der Waals surface area contributed by atoms with Gasteiger partial charge in [0.1, 0.15) is 5.10 Å². The summed E-state index contributed by atoms with van der Waals surface area (Å²) in [5.74, 6) is 1.23. The molecule has 2 fully saturated rings. The molecule has 0 saturated carbocycles. The van der Waals surface area contributed by atoms with Gasteiger partial charge in [-0.05, 0) is 23.6 Å². The molecule has 2 aliphatic heterocycles. The van der Waals surface area contributed by atoms with E-state index in [0.717, 1.165) is 29.7 Å². The molecule has 7 nitrogen and oxygen atoms in total. The molecule has 0 N–H and O–H groups in total. The third kappa shape index (κ3) is 4.38. The van der Waals surface area contributed by atoms with Gasteiger partial charge in [0.05, 0.1) is 6.61 Å². The van der Waals surface area contributed by atoms with Crippen LogP contribution in [0.25, 0.3) is 6.08 Å². The lowest BCUT2D eigenvalue weighted by Gasteiger charge is -2.23. The van der Waals surface area contributed by atoms with Crippen molar-refractivity contribution in [2.75, 3.05) is 32.8 Å². The number of hydrazone groups is 1. The number of nitro groups is 1. The maximum Gasteiger partial charge on any atom is 0.278 e. The minimum atomic E-state index is -0.624. The Morgan fingerprint density at radius 3 is 2.88 bits per heavy atom. The van der Waals surface area contributed by atoms with Gasteiger partial charge in [-0.15, -0.1) is 0 Å². The van der Waals surface area contributed by atoms with Crippen LogP contribution in [0.1, 0.15) is 12.5 Å². The fourth-order valence-corrected chi connectivity index (χ4v) is 3.54. The van der Waals surface area contributed by atoms with Gasteiger partial charge >= 0.3 is 0 Å². The Morgan fingerprint density at radius 1 is 1.40 bits per heavy atom. The molecule has 3 rings (SSSR count). The van der Waals surface area contributed by atoms with Gasteiger partial charge in [0, 0.05) is 42.8 Å². The molecule has 1 aromatic carbocycles. The lowest BCUT2D eigenvalue weighted by molar-refractivity contribution is -0.486. The van der Waals surface area contributed by atoms with Crippen molar-refractivity contribution in [1.29, 1.82) is 0 Å². The summed E-state index contributed by atoms with van der Waals surface area (Å²) >= 11 is 3.51. The largest absolute Gasteiger partial charge is 0.381 e. The lowest BCUT2D eigenvalue weighted by atomic mass is 9.98. The van der Waals surface area contributed by atoms with Crippen molar-refractivity contribution in [3.8, 4) is 0 Å². The first-order chi connectivity index (χ1) is 12.0. The van der Waals surface area contributed by atoms with Crippen molar-refractivity contribution in [3.05, 3.63) is 50.6 Å². The highest BCUT2D eigenvalue weighted by molar-refractivity contribution is 9.10. The monoisotopic (exact) mass is 408 g/mol. The summed E-state index contributed by atoms with van der Waals surface area (Å²) in [4.78, 5) is 14.8. The van der Waals surface area contributed by atoms with Crippen LogP contribution in [0, 0.1) is 22.0 Å². The van der Waals surface area contributed by atoms with Gasteiger partial charge in [-0.25, -0.2) is 10.1 Å². The average Bonchev–Trinajstić information content (AvgIpc) is 3.14. The van der Waals surface area contributed by atoms with Crippen LogP contribution in [-0.2, 0) is 4.74 Å². The molecule has 0 aromatic heterocycles. The van der Waals surface area contributed by atoms with Crippen LogP contribution in [0.3, 0.4) is 0 Å². The number of benzene rings is 1. The topological polar surface area (TPSA) is 71.2 Å². The molecule has 0 radical (unpaired) electrons. The second kappa shape index (κ2) is 7.97. The van der Waals surface area contributed by atoms with Gasteiger partial charge in [0.2, 0.25) is 0 Å². The highest BCUT2D eigenvalue weighted by atomic mass is 79.9. The van der Waals surface area contributed by atoms with E-state index < -0.39 is 5.03 Å². The number of ether oxygens (including phenoxy) is 1. The zero-order chi connectivity index (χ0) is 17.8. The molecule has 1 aromatic rings. The summed E-state index contributed by atoms with van der Waals surface area (Å²) in [6.45, 7) is 5.74. The van der Waals surface area contributed by atoms with Gasteiger partial charge in [-0.2, -0.15) is 0 Å². The van der Waals surface area contributed by atoms with Crippen LogP contribution in [0.5, 0.6) is 0 Å². The summed E-state index contributed by atoms with van der Waals surface area (Å²) in [6, 6.07) is 7.84. The van der Waals surface area contributed by atoms with Crippen LogP contribution < -0.4 is 0 Å². The first-order valence-corrected chi connectivity index (χ1v) is 9.09. The van der Waals surface area contributed by atoms with Crippen LogP contribution >= 0.6 is 15.9 Å². The fraction of sp³-hybridized carbons (Fsp3) is 0.471. The number of nitrogens with zero attached hydrogens (tertiary/aromatic N) is 4. The highest BCUT2D eigenvalue weighted by Gasteiger charge is 2.33. The highest BCUT2D eigenvalue weighted by Crippen LogP contribution is 2.24. The number of rotatable bonds is 5. The van der Waals surface area contributed by atoms with Crippen LogP contribution in [0.4, 0.5) is 0 Å². The van der Waals surface area contributed by atoms with Crippen LogP contribution in [0.2, 0.25) is 0 Å². The second-order valence-electron chi connectivity index (χ2n) is 6.39. The van der Waals surface area contributed by atoms with E-state index in [-0.39, 0.29) is 0 Å². The van der Waals surface area contributed by atoms with E-state index in [1.54, 1.807) is 0 Å². The van der Waals surface area contributed by atoms with E-state index >= 15 is 0 Å². The molecule has 2 heterocycles. The number of hydrogen-bond donors (Lipinski definition) is 0. The van der Waals surface area contributed by atoms with E-state index in [0.29, 0.717) is 30.9 Å². The summed E-state index contributed by atoms with van der Waals surface area (Å²) in [5.41, 5.74) is 1.01. The predicted octanol–water partition coefficient (Wildman–Crippen LogP) is 2.87. The predicted molar refractivity (Wildman–Crippen MR) is 99.4 cm³/mol. The average molecular weight is 409 g/mol. The van der Waals surface area contributed by atoms with Crippen molar-refractivity contribution in [3.63, 3.8) is 0 Å². The number of guanidine groups is 1. The normalized spacial score (nSPS) is 25.4. The minimum absolute atomic E-state index is 0.379. The van der Waals surface area contributed by atoms with Gasteiger partial charge in [-0.1, -0.05) is 41.1 Å². The molecule has 0 aliphatic carbocycles. The summed E-state index contributed by atoms with van der Waals surface area (Å²) < 4.78 is 6.49. The second-order valence-corrected chi connectivity index (χ2v) is 7.24. The fourth-order valence-electron chi connectivity index (χ4n) is 3.12. The standard InChI is InChI=1S/C17H21BrN4O3/c1-13-11-25-12-15(13)10-21-9-8-20(17(21)19-22(23)24)7-6-14-4-2-3-5-16(14)18/h2-7,13,15H,8-12H2,1H3. The molecular formula is C17H21BrN4O3. The van der Waals surface area contributed by atoms with Crippen molar-refractivity contribution in [2.45, 2.75) is 6.92 Å². The first kappa shape index (κ1) is 17.9. The van der Waals surface area contributed by atoms with E-state index in [4.69, 9.17) is 4.74 Å². The molecule has 134 valence electrons. The SMILES string of the molecule is CC1COCC1CN1CCN(C=Cc2ccccc2Br)C1=N[N+](=O)[O-]. The lowest BCUT2D eigenvalue weighted by Crippen LogP contribution is -2.37. The number of hydrogen-bond acceptors (Lipinski definition) is 3. The van der Waals surface area contributed by atoms with Crippen molar-refractivity contribution >= 4 is 28.0 Å². The third-order valence-electron chi connectivity index (χ3n) is 4.63. The Morgan fingerprint density at radius 2 is 2.20 bits per heavy atom. The molecule has 0 amide bonds. The summed E-state index contributed by atoms with van der Waals surface area (Å²) in [7, 11) is 0. The van der Waals surface area contributed by atoms with Crippen molar-refractivity contribution < 1.29 is 9.77 Å². The van der Waals surface area contributed by atoms with E-state index in [9.17, 15) is 10.1 Å². The van der Waals surface area contributed by atoms with E-state index in [1.165, 1.54) is 0 Å². The Balaban J connectivity index is 1.75.